The Balaban J connectivity index is 1.75. The van der Waals surface area contributed by atoms with Crippen molar-refractivity contribution in [1.29, 1.82) is 0 Å². The molecule has 27 heavy (non-hydrogen) atoms. The molecular weight excluding hydrogens is 344 g/mol. The van der Waals surface area contributed by atoms with Crippen molar-refractivity contribution in [3.63, 3.8) is 0 Å². The van der Waals surface area contributed by atoms with E-state index in [0.29, 0.717) is 13.1 Å². The molecule has 1 saturated heterocycles. The molecule has 0 aromatic heterocycles. The molecule has 2 unspecified atom stereocenters. The van der Waals surface area contributed by atoms with Crippen LogP contribution in [0.3, 0.4) is 0 Å². The van der Waals surface area contributed by atoms with E-state index in [1.165, 1.54) is 6.42 Å². The van der Waals surface area contributed by atoms with Crippen molar-refractivity contribution in [3.8, 4) is 0 Å². The number of hydrogen-bond acceptors (Lipinski definition) is 4. The van der Waals surface area contributed by atoms with E-state index < -0.39 is 6.03 Å². The van der Waals surface area contributed by atoms with Crippen molar-refractivity contribution in [2.75, 3.05) is 19.6 Å². The molecular formula is C20H36N4O3. The number of piperidine rings is 1. The van der Waals surface area contributed by atoms with Crippen LogP contribution < -0.4 is 16.0 Å². The first-order valence-electron chi connectivity index (χ1n) is 10.6. The lowest BCUT2D eigenvalue weighted by Gasteiger charge is -2.36. The van der Waals surface area contributed by atoms with Crippen LogP contribution in [0.15, 0.2) is 0 Å². The molecule has 3 N–H and O–H groups in total. The second-order valence-corrected chi connectivity index (χ2v) is 8.05. The molecule has 1 aliphatic carbocycles. The van der Waals surface area contributed by atoms with Crippen molar-refractivity contribution in [3.05, 3.63) is 0 Å². The minimum Gasteiger partial charge on any atom is -0.356 e. The van der Waals surface area contributed by atoms with Gasteiger partial charge in [-0.1, -0.05) is 32.6 Å². The lowest BCUT2D eigenvalue weighted by molar-refractivity contribution is -0.129. The highest BCUT2D eigenvalue weighted by molar-refractivity contribution is 5.95. The molecule has 7 nitrogen and oxygen atoms in total. The van der Waals surface area contributed by atoms with E-state index in [2.05, 4.69) is 29.8 Å². The van der Waals surface area contributed by atoms with Crippen molar-refractivity contribution in [2.45, 2.75) is 83.7 Å². The van der Waals surface area contributed by atoms with Crippen molar-refractivity contribution < 1.29 is 14.4 Å². The summed E-state index contributed by atoms with van der Waals surface area (Å²) in [5, 5.41) is 8.34. The van der Waals surface area contributed by atoms with Crippen LogP contribution in [-0.2, 0) is 9.59 Å². The summed E-state index contributed by atoms with van der Waals surface area (Å²) in [4.78, 5) is 38.6. The number of nitrogens with one attached hydrogen (secondary N) is 3. The van der Waals surface area contributed by atoms with E-state index in [0.717, 1.165) is 51.4 Å². The molecule has 7 heteroatoms. The number of nitrogens with zero attached hydrogens (tertiary/aromatic N) is 1. The quantitative estimate of drug-likeness (QED) is 0.590. The van der Waals surface area contributed by atoms with Crippen LogP contribution >= 0.6 is 0 Å². The van der Waals surface area contributed by atoms with Gasteiger partial charge in [0, 0.05) is 25.2 Å². The number of amides is 4. The van der Waals surface area contributed by atoms with Gasteiger partial charge in [0.2, 0.25) is 11.8 Å². The molecule has 2 aliphatic rings. The summed E-state index contributed by atoms with van der Waals surface area (Å²) in [5.41, 5.74) is 0. The van der Waals surface area contributed by atoms with Gasteiger partial charge in [0.15, 0.2) is 0 Å². The fourth-order valence-corrected chi connectivity index (χ4v) is 3.97. The van der Waals surface area contributed by atoms with Crippen LogP contribution in [0.4, 0.5) is 4.79 Å². The Hall–Kier alpha value is -1.63. The van der Waals surface area contributed by atoms with Gasteiger partial charge in [-0.2, -0.15) is 0 Å². The Labute approximate surface area is 163 Å². The maximum Gasteiger partial charge on any atom is 0.321 e. The Bertz CT molecular complexity index is 505. The minimum absolute atomic E-state index is 0.0794. The molecule has 2 rings (SSSR count). The van der Waals surface area contributed by atoms with Crippen LogP contribution in [0.25, 0.3) is 0 Å². The van der Waals surface area contributed by atoms with Gasteiger partial charge in [-0.05, 0) is 39.0 Å². The summed E-state index contributed by atoms with van der Waals surface area (Å²) in [6.07, 6.45) is 9.22. The van der Waals surface area contributed by atoms with Crippen LogP contribution in [0.2, 0.25) is 0 Å². The Morgan fingerprint density at radius 3 is 2.48 bits per heavy atom. The summed E-state index contributed by atoms with van der Waals surface area (Å²) < 4.78 is 0. The van der Waals surface area contributed by atoms with Gasteiger partial charge in [0.05, 0.1) is 12.5 Å². The first-order valence-corrected chi connectivity index (χ1v) is 10.6. The van der Waals surface area contributed by atoms with Crippen molar-refractivity contribution >= 4 is 17.8 Å². The van der Waals surface area contributed by atoms with E-state index in [-0.39, 0.29) is 36.4 Å². The normalized spacial score (nSPS) is 24.2. The summed E-state index contributed by atoms with van der Waals surface area (Å²) in [5.74, 6) is -0.306. The molecule has 2 fully saturated rings. The number of rotatable bonds is 7. The summed E-state index contributed by atoms with van der Waals surface area (Å²) in [7, 11) is 0. The molecule has 0 aromatic carbocycles. The number of hydrogen-bond donors (Lipinski definition) is 3. The number of carbonyl (C=O) groups excluding carboxylic acids is 3. The summed E-state index contributed by atoms with van der Waals surface area (Å²) in [6.45, 7) is 5.60. The van der Waals surface area contributed by atoms with Gasteiger partial charge in [0.1, 0.15) is 0 Å². The third-order valence-corrected chi connectivity index (χ3v) is 5.75. The molecule has 154 valence electrons. The number of carbonyl (C=O) groups is 3. The lowest BCUT2D eigenvalue weighted by Crippen LogP contribution is -2.52. The largest absolute Gasteiger partial charge is 0.356 e. The Morgan fingerprint density at radius 2 is 1.78 bits per heavy atom. The van der Waals surface area contributed by atoms with Gasteiger partial charge >= 0.3 is 6.03 Å². The van der Waals surface area contributed by atoms with E-state index in [1.807, 2.05) is 4.90 Å². The van der Waals surface area contributed by atoms with E-state index in [4.69, 9.17) is 0 Å². The first kappa shape index (κ1) is 21.7. The second-order valence-electron chi connectivity index (χ2n) is 8.05. The Kier molecular flexibility index (Phi) is 9.04. The van der Waals surface area contributed by atoms with Crippen LogP contribution in [0.1, 0.15) is 71.6 Å². The average Bonchev–Trinajstić information content (AvgIpc) is 2.64. The molecule has 4 amide bonds. The maximum atomic E-state index is 12.3. The number of unbranched alkanes of at least 4 members (excludes halogenated alkanes) is 1. The predicted molar refractivity (Wildman–Crippen MR) is 105 cm³/mol. The molecule has 1 saturated carbocycles. The average molecular weight is 381 g/mol. The molecule has 1 aliphatic heterocycles. The zero-order chi connectivity index (χ0) is 19.6. The van der Waals surface area contributed by atoms with Crippen LogP contribution in [0, 0.1) is 5.92 Å². The molecule has 0 aromatic rings. The van der Waals surface area contributed by atoms with Gasteiger partial charge < -0.3 is 10.6 Å². The smallest absolute Gasteiger partial charge is 0.321 e. The third kappa shape index (κ3) is 7.48. The van der Waals surface area contributed by atoms with Crippen LogP contribution in [0.5, 0.6) is 0 Å². The van der Waals surface area contributed by atoms with E-state index in [9.17, 15) is 14.4 Å². The van der Waals surface area contributed by atoms with E-state index >= 15 is 0 Å². The highest BCUT2D eigenvalue weighted by Crippen LogP contribution is 2.22. The van der Waals surface area contributed by atoms with Gasteiger partial charge in [-0.15, -0.1) is 0 Å². The summed E-state index contributed by atoms with van der Waals surface area (Å²) in [6, 6.07) is 0.0129. The van der Waals surface area contributed by atoms with Crippen molar-refractivity contribution in [1.82, 2.24) is 20.9 Å². The lowest BCUT2D eigenvalue weighted by atomic mass is 9.92. The van der Waals surface area contributed by atoms with Gasteiger partial charge in [-0.3, -0.25) is 19.8 Å². The zero-order valence-electron chi connectivity index (χ0n) is 16.9. The third-order valence-electron chi connectivity index (χ3n) is 5.75. The SMILES string of the molecule is CCCCNC(=O)C1CCC(C)N(CC(=O)NC(=O)NC2CCCCC2)C1. The molecule has 2 atom stereocenters. The first-order chi connectivity index (χ1) is 13.0. The maximum absolute atomic E-state index is 12.3. The predicted octanol–water partition coefficient (Wildman–Crippen LogP) is 2.16. The fraction of sp³-hybridized carbons (Fsp3) is 0.850. The highest BCUT2D eigenvalue weighted by Gasteiger charge is 2.31. The fourth-order valence-electron chi connectivity index (χ4n) is 3.97. The number of urea groups is 1. The topological polar surface area (TPSA) is 90.5 Å². The molecule has 0 spiro atoms. The second kappa shape index (κ2) is 11.3. The molecule has 0 bridgehead atoms. The van der Waals surface area contributed by atoms with Crippen LogP contribution in [-0.4, -0.2) is 54.5 Å². The minimum atomic E-state index is -0.398. The van der Waals surface area contributed by atoms with Crippen molar-refractivity contribution in [2.24, 2.45) is 5.92 Å². The standard InChI is InChI=1S/C20H36N4O3/c1-3-4-12-21-19(26)16-11-10-15(2)24(13-16)14-18(25)23-20(27)22-17-8-6-5-7-9-17/h15-17H,3-14H2,1-2H3,(H,21,26)(H2,22,23,25,27). The molecule has 1 heterocycles. The zero-order valence-corrected chi connectivity index (χ0v) is 16.9. The summed E-state index contributed by atoms with van der Waals surface area (Å²) >= 11 is 0. The van der Waals surface area contributed by atoms with Gasteiger partial charge in [0.25, 0.3) is 0 Å². The van der Waals surface area contributed by atoms with E-state index in [1.54, 1.807) is 0 Å². The number of likely N-dealkylation sites (tertiary alicyclic amines) is 1. The monoisotopic (exact) mass is 380 g/mol. The number of imide groups is 1. The Morgan fingerprint density at radius 1 is 1.04 bits per heavy atom. The molecule has 0 radical (unpaired) electrons. The highest BCUT2D eigenvalue weighted by atomic mass is 16.2. The van der Waals surface area contributed by atoms with Gasteiger partial charge in [-0.25, -0.2) is 4.79 Å².